The van der Waals surface area contributed by atoms with Gasteiger partial charge in [0, 0.05) is 12.1 Å². The van der Waals surface area contributed by atoms with E-state index in [-0.39, 0.29) is 4.90 Å². The zero-order chi connectivity index (χ0) is 15.7. The van der Waals surface area contributed by atoms with E-state index in [1.165, 1.54) is 20.8 Å². The highest BCUT2D eigenvalue weighted by molar-refractivity contribution is 6.10. The van der Waals surface area contributed by atoms with Crippen molar-refractivity contribution in [3.8, 4) is 0 Å². The Kier molecular flexibility index (Phi) is 4.17. The molecule has 0 aliphatic carbocycles. The van der Waals surface area contributed by atoms with Gasteiger partial charge in [-0.05, 0) is 20.8 Å². The molecule has 0 saturated heterocycles. The SMILES string of the molecule is CC(C)(C)OC(=O)N(C(=O)O)c1cc(F)cc(F)c1N. The summed E-state index contributed by atoms with van der Waals surface area (Å²) >= 11 is 0. The van der Waals surface area contributed by atoms with Crippen LogP contribution in [0.5, 0.6) is 0 Å². The van der Waals surface area contributed by atoms with Crippen molar-refractivity contribution in [3.63, 3.8) is 0 Å². The van der Waals surface area contributed by atoms with Crippen LogP contribution < -0.4 is 10.6 Å². The Morgan fingerprint density at radius 1 is 1.30 bits per heavy atom. The summed E-state index contributed by atoms with van der Waals surface area (Å²) in [4.78, 5) is 23.0. The van der Waals surface area contributed by atoms with Crippen molar-refractivity contribution in [1.29, 1.82) is 0 Å². The van der Waals surface area contributed by atoms with Crippen molar-refractivity contribution in [2.45, 2.75) is 26.4 Å². The number of nitrogens with zero attached hydrogens (tertiary/aromatic N) is 1. The number of carboxylic acid groups (broad SMARTS) is 1. The average molecular weight is 288 g/mol. The standard InChI is InChI=1S/C12H14F2N2O4/c1-12(2,3)20-11(19)16(10(17)18)8-5-6(13)4-7(14)9(8)15/h4-5H,15H2,1-3H3,(H,17,18). The van der Waals surface area contributed by atoms with E-state index in [9.17, 15) is 18.4 Å². The monoisotopic (exact) mass is 288 g/mol. The molecule has 0 saturated carbocycles. The van der Waals surface area contributed by atoms with E-state index in [0.29, 0.717) is 12.1 Å². The molecule has 0 aliphatic heterocycles. The van der Waals surface area contributed by atoms with E-state index in [1.54, 1.807) is 0 Å². The first-order chi connectivity index (χ1) is 9.03. The fraction of sp³-hybridized carbons (Fsp3) is 0.333. The molecule has 8 heteroatoms. The molecule has 20 heavy (non-hydrogen) atoms. The van der Waals surface area contributed by atoms with Gasteiger partial charge in [-0.25, -0.2) is 18.4 Å². The number of amides is 2. The number of anilines is 2. The van der Waals surface area contributed by atoms with Crippen LogP contribution in [-0.2, 0) is 4.74 Å². The molecular weight excluding hydrogens is 274 g/mol. The molecule has 1 rings (SSSR count). The molecule has 2 amide bonds. The number of nitrogen functional groups attached to an aromatic ring is 1. The van der Waals surface area contributed by atoms with Gasteiger partial charge in [-0.3, -0.25) is 0 Å². The first-order valence-corrected chi connectivity index (χ1v) is 5.53. The minimum atomic E-state index is -1.77. The highest BCUT2D eigenvalue weighted by atomic mass is 19.1. The number of hydrogen-bond acceptors (Lipinski definition) is 4. The van der Waals surface area contributed by atoms with Crippen molar-refractivity contribution in [2.24, 2.45) is 0 Å². The molecule has 110 valence electrons. The zero-order valence-corrected chi connectivity index (χ0v) is 11.1. The number of carbonyl (C=O) groups is 2. The van der Waals surface area contributed by atoms with E-state index in [2.05, 4.69) is 0 Å². The third kappa shape index (κ3) is 3.56. The van der Waals surface area contributed by atoms with Crippen LogP contribution in [0, 0.1) is 11.6 Å². The highest BCUT2D eigenvalue weighted by Gasteiger charge is 2.31. The first-order valence-electron chi connectivity index (χ1n) is 5.53. The number of carbonyl (C=O) groups excluding carboxylic acids is 1. The molecule has 0 aliphatic rings. The number of ether oxygens (including phenoxy) is 1. The van der Waals surface area contributed by atoms with E-state index >= 15 is 0 Å². The molecule has 0 heterocycles. The smallest absolute Gasteiger partial charge is 0.424 e. The Morgan fingerprint density at radius 3 is 2.30 bits per heavy atom. The number of hydrogen-bond donors (Lipinski definition) is 2. The van der Waals surface area contributed by atoms with Crippen LogP contribution in [-0.4, -0.2) is 22.9 Å². The topological polar surface area (TPSA) is 92.9 Å². The molecular formula is C12H14F2N2O4. The lowest BCUT2D eigenvalue weighted by Crippen LogP contribution is -2.40. The van der Waals surface area contributed by atoms with Gasteiger partial charge in [0.15, 0.2) is 5.82 Å². The van der Waals surface area contributed by atoms with Gasteiger partial charge in [-0.1, -0.05) is 0 Å². The summed E-state index contributed by atoms with van der Waals surface area (Å²) < 4.78 is 31.4. The van der Waals surface area contributed by atoms with E-state index in [0.717, 1.165) is 0 Å². The molecule has 1 aromatic carbocycles. The summed E-state index contributed by atoms with van der Waals surface area (Å²) in [7, 11) is 0. The van der Waals surface area contributed by atoms with Gasteiger partial charge in [0.05, 0.1) is 11.4 Å². The van der Waals surface area contributed by atoms with Crippen LogP contribution in [0.2, 0.25) is 0 Å². The zero-order valence-electron chi connectivity index (χ0n) is 11.1. The normalized spacial score (nSPS) is 11.1. The summed E-state index contributed by atoms with van der Waals surface area (Å²) in [5.74, 6) is -2.24. The van der Waals surface area contributed by atoms with Crippen LogP contribution in [0.4, 0.5) is 29.7 Å². The average Bonchev–Trinajstić information content (AvgIpc) is 2.21. The van der Waals surface area contributed by atoms with Crippen LogP contribution in [0.25, 0.3) is 0 Å². The fourth-order valence-corrected chi connectivity index (χ4v) is 1.34. The molecule has 0 atom stereocenters. The van der Waals surface area contributed by atoms with Crippen LogP contribution in [0.1, 0.15) is 20.8 Å². The van der Waals surface area contributed by atoms with Gasteiger partial charge in [0.2, 0.25) is 0 Å². The molecule has 0 radical (unpaired) electrons. The molecule has 0 bridgehead atoms. The van der Waals surface area contributed by atoms with Crippen molar-refractivity contribution in [1.82, 2.24) is 0 Å². The van der Waals surface area contributed by atoms with Gasteiger partial charge in [0.25, 0.3) is 0 Å². The van der Waals surface area contributed by atoms with E-state index in [4.69, 9.17) is 15.6 Å². The van der Waals surface area contributed by atoms with Crippen molar-refractivity contribution in [2.75, 3.05) is 10.6 Å². The molecule has 0 unspecified atom stereocenters. The van der Waals surface area contributed by atoms with Gasteiger partial charge in [-0.2, -0.15) is 4.90 Å². The molecule has 0 fully saturated rings. The summed E-state index contributed by atoms with van der Waals surface area (Å²) in [6.07, 6.45) is -3.07. The summed E-state index contributed by atoms with van der Waals surface area (Å²) in [6.45, 7) is 4.54. The van der Waals surface area contributed by atoms with Gasteiger partial charge in [0.1, 0.15) is 11.4 Å². The number of rotatable bonds is 1. The van der Waals surface area contributed by atoms with Gasteiger partial charge < -0.3 is 15.6 Å². The molecule has 1 aromatic rings. The Bertz CT molecular complexity index is 555. The summed E-state index contributed by atoms with van der Waals surface area (Å²) in [5, 5.41) is 9.02. The largest absolute Gasteiger partial charge is 0.464 e. The van der Waals surface area contributed by atoms with Gasteiger partial charge >= 0.3 is 12.2 Å². The third-order valence-corrected chi connectivity index (χ3v) is 2.08. The van der Waals surface area contributed by atoms with Crippen LogP contribution in [0.15, 0.2) is 12.1 Å². The number of halogens is 2. The molecule has 3 N–H and O–H groups in total. The quantitative estimate of drug-likeness (QED) is 0.775. The van der Waals surface area contributed by atoms with Crippen molar-refractivity contribution < 1.29 is 28.2 Å². The first kappa shape index (κ1) is 15.7. The van der Waals surface area contributed by atoms with E-state index < -0.39 is 40.8 Å². The maximum Gasteiger partial charge on any atom is 0.424 e. The number of benzene rings is 1. The highest BCUT2D eigenvalue weighted by Crippen LogP contribution is 2.28. The van der Waals surface area contributed by atoms with Crippen LogP contribution in [0.3, 0.4) is 0 Å². The molecule has 6 nitrogen and oxygen atoms in total. The molecule has 0 aromatic heterocycles. The van der Waals surface area contributed by atoms with Crippen molar-refractivity contribution >= 4 is 23.6 Å². The minimum Gasteiger partial charge on any atom is -0.464 e. The second-order valence-electron chi connectivity index (χ2n) is 4.92. The predicted molar refractivity (Wildman–Crippen MR) is 67.5 cm³/mol. The molecule has 0 spiro atoms. The maximum atomic E-state index is 13.3. The van der Waals surface area contributed by atoms with Crippen molar-refractivity contribution in [3.05, 3.63) is 23.8 Å². The maximum absolute atomic E-state index is 13.3. The Balaban J connectivity index is 3.29. The number of imide groups is 1. The second-order valence-corrected chi connectivity index (χ2v) is 4.92. The minimum absolute atomic E-state index is 0.0484. The third-order valence-electron chi connectivity index (χ3n) is 2.08. The Hall–Kier alpha value is -2.38. The summed E-state index contributed by atoms with van der Waals surface area (Å²) in [5.41, 5.74) is 3.05. The Morgan fingerprint density at radius 2 is 1.85 bits per heavy atom. The van der Waals surface area contributed by atoms with Crippen LogP contribution >= 0.6 is 0 Å². The lowest BCUT2D eigenvalue weighted by Gasteiger charge is -2.25. The summed E-state index contributed by atoms with van der Waals surface area (Å²) in [6, 6.07) is 1.12. The lowest BCUT2D eigenvalue weighted by molar-refractivity contribution is 0.0582. The predicted octanol–water partition coefficient (Wildman–Crippen LogP) is 2.97. The fourth-order valence-electron chi connectivity index (χ4n) is 1.34. The lowest BCUT2D eigenvalue weighted by atomic mass is 10.2. The Labute approximate surface area is 113 Å². The van der Waals surface area contributed by atoms with Gasteiger partial charge in [-0.15, -0.1) is 0 Å². The number of nitrogens with two attached hydrogens (primary N) is 1. The van der Waals surface area contributed by atoms with E-state index in [1.807, 2.05) is 0 Å². The second kappa shape index (κ2) is 5.32.